The first-order valence-electron chi connectivity index (χ1n) is 5.12. The van der Waals surface area contributed by atoms with Gasteiger partial charge in [0.2, 0.25) is 0 Å². The van der Waals surface area contributed by atoms with Crippen molar-refractivity contribution in [2.75, 3.05) is 5.32 Å². The third-order valence-electron chi connectivity index (χ3n) is 2.33. The lowest BCUT2D eigenvalue weighted by Crippen LogP contribution is -2.17. The molecule has 0 aliphatic rings. The fourth-order valence-corrected chi connectivity index (χ4v) is 2.56. The molecule has 2 aromatic rings. The minimum absolute atomic E-state index is 0.105. The molecule has 98 valence electrons. The van der Waals surface area contributed by atoms with E-state index in [9.17, 15) is 14.0 Å². The summed E-state index contributed by atoms with van der Waals surface area (Å²) in [6.07, 6.45) is 0. The largest absolute Gasteiger partial charge is 0.366 e. The van der Waals surface area contributed by atoms with Crippen molar-refractivity contribution in [2.24, 2.45) is 5.73 Å². The van der Waals surface area contributed by atoms with E-state index in [1.54, 1.807) is 11.4 Å². The highest BCUT2D eigenvalue weighted by Crippen LogP contribution is 2.24. The lowest BCUT2D eigenvalue weighted by Gasteiger charge is -2.05. The number of hydrogen-bond donors (Lipinski definition) is 2. The van der Waals surface area contributed by atoms with Crippen LogP contribution in [0.3, 0.4) is 0 Å². The van der Waals surface area contributed by atoms with E-state index >= 15 is 0 Å². The molecule has 4 nitrogen and oxygen atoms in total. The summed E-state index contributed by atoms with van der Waals surface area (Å²) in [5, 5.41) is 4.40. The Bertz CT molecular complexity index is 657. The van der Waals surface area contributed by atoms with Crippen LogP contribution in [0.25, 0.3) is 0 Å². The Kier molecular flexibility index (Phi) is 3.96. The summed E-state index contributed by atoms with van der Waals surface area (Å²) in [6.45, 7) is 0. The predicted molar refractivity (Wildman–Crippen MR) is 74.9 cm³/mol. The lowest BCUT2D eigenvalue weighted by molar-refractivity contribution is 0.100. The van der Waals surface area contributed by atoms with Crippen molar-refractivity contribution in [2.45, 2.75) is 0 Å². The molecule has 19 heavy (non-hydrogen) atoms. The second kappa shape index (κ2) is 5.50. The van der Waals surface area contributed by atoms with E-state index < -0.39 is 17.6 Å². The van der Waals surface area contributed by atoms with Crippen molar-refractivity contribution >= 4 is 44.1 Å². The van der Waals surface area contributed by atoms with Crippen molar-refractivity contribution < 1.29 is 14.0 Å². The van der Waals surface area contributed by atoms with Crippen molar-refractivity contribution in [3.63, 3.8) is 0 Å². The van der Waals surface area contributed by atoms with Gasteiger partial charge in [-0.25, -0.2) is 4.39 Å². The van der Waals surface area contributed by atoms with Crippen LogP contribution in [0.1, 0.15) is 20.7 Å². The Morgan fingerprint density at radius 1 is 1.26 bits per heavy atom. The van der Waals surface area contributed by atoms with Gasteiger partial charge in [-0.05, 0) is 29.6 Å². The number of rotatable bonds is 3. The lowest BCUT2D eigenvalue weighted by atomic mass is 10.2. The number of primary amides is 1. The van der Waals surface area contributed by atoms with Crippen molar-refractivity contribution in [3.05, 3.63) is 51.1 Å². The van der Waals surface area contributed by atoms with Crippen LogP contribution < -0.4 is 11.1 Å². The fourth-order valence-electron chi connectivity index (χ4n) is 1.44. The number of nitrogens with one attached hydrogen (secondary N) is 1. The number of anilines is 1. The van der Waals surface area contributed by atoms with Crippen molar-refractivity contribution in [3.8, 4) is 0 Å². The average molecular weight is 343 g/mol. The summed E-state index contributed by atoms with van der Waals surface area (Å²) in [5.41, 5.74) is 5.26. The summed E-state index contributed by atoms with van der Waals surface area (Å²) >= 11 is 4.25. The van der Waals surface area contributed by atoms with E-state index in [-0.39, 0.29) is 11.1 Å². The number of carbonyl (C=O) groups is 2. The standard InChI is InChI=1S/C12H8BrFN2O2S/c13-6-1-2-7(9(14)5-6)11(18)16-12-8(10(15)17)3-4-19-12/h1-5H,(H2,15,17)(H,16,18). The monoisotopic (exact) mass is 342 g/mol. The molecule has 1 aromatic carbocycles. The van der Waals surface area contributed by atoms with Crippen LogP contribution in [0.2, 0.25) is 0 Å². The normalized spacial score (nSPS) is 10.2. The summed E-state index contributed by atoms with van der Waals surface area (Å²) < 4.78 is 14.1. The van der Waals surface area contributed by atoms with Crippen LogP contribution in [-0.4, -0.2) is 11.8 Å². The molecule has 0 atom stereocenters. The van der Waals surface area contributed by atoms with Crippen molar-refractivity contribution in [1.82, 2.24) is 0 Å². The average Bonchev–Trinajstić information content (AvgIpc) is 2.76. The maximum atomic E-state index is 13.6. The molecular formula is C12H8BrFN2O2S. The van der Waals surface area contributed by atoms with Gasteiger partial charge in [-0.15, -0.1) is 11.3 Å². The first-order chi connectivity index (χ1) is 8.99. The summed E-state index contributed by atoms with van der Waals surface area (Å²) in [5.74, 6) is -1.92. The van der Waals surface area contributed by atoms with E-state index in [2.05, 4.69) is 21.2 Å². The molecule has 3 N–H and O–H groups in total. The van der Waals surface area contributed by atoms with Gasteiger partial charge >= 0.3 is 0 Å². The number of carbonyl (C=O) groups excluding carboxylic acids is 2. The smallest absolute Gasteiger partial charge is 0.259 e. The zero-order valence-corrected chi connectivity index (χ0v) is 11.8. The highest BCUT2D eigenvalue weighted by Gasteiger charge is 2.16. The molecule has 0 spiro atoms. The molecule has 0 aliphatic carbocycles. The molecule has 0 saturated carbocycles. The molecule has 0 saturated heterocycles. The molecule has 1 aromatic heterocycles. The number of thiophene rings is 1. The molecule has 0 aliphatic heterocycles. The first-order valence-corrected chi connectivity index (χ1v) is 6.80. The second-order valence-electron chi connectivity index (χ2n) is 3.61. The number of halogens is 2. The van der Waals surface area contributed by atoms with Crippen molar-refractivity contribution in [1.29, 1.82) is 0 Å². The van der Waals surface area contributed by atoms with E-state index in [0.717, 1.165) is 11.3 Å². The molecule has 2 amide bonds. The SMILES string of the molecule is NC(=O)c1ccsc1NC(=O)c1ccc(Br)cc1F. The van der Waals surface area contributed by atoms with Gasteiger partial charge in [0.15, 0.2) is 0 Å². The van der Waals surface area contributed by atoms with Gasteiger partial charge in [0.1, 0.15) is 10.8 Å². The first kappa shape index (κ1) is 13.7. The van der Waals surface area contributed by atoms with E-state index in [4.69, 9.17) is 5.73 Å². The molecular weight excluding hydrogens is 335 g/mol. The third-order valence-corrected chi connectivity index (χ3v) is 3.66. The summed E-state index contributed by atoms with van der Waals surface area (Å²) in [6, 6.07) is 5.60. The summed E-state index contributed by atoms with van der Waals surface area (Å²) in [4.78, 5) is 23.0. The Labute approximate surface area is 120 Å². The number of amides is 2. The van der Waals surface area contributed by atoms with Crippen LogP contribution >= 0.6 is 27.3 Å². The van der Waals surface area contributed by atoms with E-state index in [0.29, 0.717) is 9.47 Å². The number of nitrogens with two attached hydrogens (primary N) is 1. The van der Waals surface area contributed by atoms with Gasteiger partial charge in [0, 0.05) is 4.47 Å². The Balaban J connectivity index is 2.26. The topological polar surface area (TPSA) is 72.2 Å². The van der Waals surface area contributed by atoms with Gasteiger partial charge in [-0.1, -0.05) is 15.9 Å². The Morgan fingerprint density at radius 2 is 2.00 bits per heavy atom. The fraction of sp³-hybridized carbons (Fsp3) is 0. The highest BCUT2D eigenvalue weighted by molar-refractivity contribution is 9.10. The van der Waals surface area contributed by atoms with Gasteiger partial charge in [-0.3, -0.25) is 9.59 Å². The van der Waals surface area contributed by atoms with Gasteiger partial charge < -0.3 is 11.1 Å². The molecule has 0 fully saturated rings. The van der Waals surface area contributed by atoms with E-state index in [1.807, 2.05) is 0 Å². The maximum absolute atomic E-state index is 13.6. The van der Waals surface area contributed by atoms with Gasteiger partial charge in [-0.2, -0.15) is 0 Å². The molecule has 1 heterocycles. The minimum Gasteiger partial charge on any atom is -0.366 e. The minimum atomic E-state index is -0.649. The quantitative estimate of drug-likeness (QED) is 0.899. The van der Waals surface area contributed by atoms with Crippen LogP contribution in [0.15, 0.2) is 34.1 Å². The molecule has 2 rings (SSSR count). The number of benzene rings is 1. The Hall–Kier alpha value is -1.73. The molecule has 7 heteroatoms. The van der Waals surface area contributed by atoms with Gasteiger partial charge in [0.05, 0.1) is 11.1 Å². The molecule has 0 radical (unpaired) electrons. The Morgan fingerprint density at radius 3 is 2.63 bits per heavy atom. The second-order valence-corrected chi connectivity index (χ2v) is 5.44. The molecule has 0 unspecified atom stereocenters. The van der Waals surface area contributed by atoms with Crippen LogP contribution in [0.5, 0.6) is 0 Å². The highest BCUT2D eigenvalue weighted by atomic mass is 79.9. The van der Waals surface area contributed by atoms with Crippen LogP contribution in [0, 0.1) is 5.82 Å². The molecule has 0 bridgehead atoms. The third kappa shape index (κ3) is 2.99. The predicted octanol–water partition coefficient (Wildman–Crippen LogP) is 3.00. The number of hydrogen-bond acceptors (Lipinski definition) is 3. The zero-order chi connectivity index (χ0) is 14.0. The zero-order valence-electron chi connectivity index (χ0n) is 9.44. The van der Waals surface area contributed by atoms with Gasteiger partial charge in [0.25, 0.3) is 11.8 Å². The van der Waals surface area contributed by atoms with Crippen LogP contribution in [0.4, 0.5) is 9.39 Å². The van der Waals surface area contributed by atoms with E-state index in [1.165, 1.54) is 18.2 Å². The van der Waals surface area contributed by atoms with Crippen LogP contribution in [-0.2, 0) is 0 Å². The maximum Gasteiger partial charge on any atom is 0.259 e. The summed E-state index contributed by atoms with van der Waals surface area (Å²) in [7, 11) is 0.